The lowest BCUT2D eigenvalue weighted by atomic mass is 10.1. The Morgan fingerprint density at radius 2 is 1.74 bits per heavy atom. The van der Waals surface area contributed by atoms with Gasteiger partial charge in [-0.05, 0) is 35.4 Å². The maximum absolute atomic E-state index is 5.44. The molecule has 0 aliphatic carbocycles. The Morgan fingerprint density at radius 3 is 2.26 bits per heavy atom. The number of hydrogen-bond donors (Lipinski definition) is 1. The summed E-state index contributed by atoms with van der Waals surface area (Å²) in [5, 5.41) is 2.17. The van der Waals surface area contributed by atoms with Crippen molar-refractivity contribution in [2.24, 2.45) is 0 Å². The molecule has 0 saturated heterocycles. The summed E-state index contributed by atoms with van der Waals surface area (Å²) in [6.45, 7) is 13.8. The molecule has 126 valence electrons. The van der Waals surface area contributed by atoms with Gasteiger partial charge in [0.25, 0.3) is 0 Å². The van der Waals surface area contributed by atoms with Crippen molar-refractivity contribution in [3.63, 3.8) is 0 Å². The van der Waals surface area contributed by atoms with Crippen LogP contribution in [0.1, 0.15) is 47.2 Å². The summed E-state index contributed by atoms with van der Waals surface area (Å²) in [5.74, 6) is 0. The van der Waals surface area contributed by atoms with Crippen LogP contribution in [0, 0.1) is 4.64 Å². The molecule has 1 aromatic carbocycles. The molecule has 0 aliphatic heterocycles. The SMILES string of the molecule is C=C/C=c1/[nH]c(=S)c(Cc2ccccc2)c/c1=C/C.CC.CC.[HH]. The second kappa shape index (κ2) is 12.6. The minimum Gasteiger partial charge on any atom is -0.346 e. The summed E-state index contributed by atoms with van der Waals surface area (Å²) in [6.07, 6.45) is 6.64. The fraction of sp³-hybridized carbons (Fsp3) is 0.286. The maximum atomic E-state index is 5.44. The molecule has 0 bridgehead atoms. The summed E-state index contributed by atoms with van der Waals surface area (Å²) in [7, 11) is 0. The molecule has 2 heteroatoms. The van der Waals surface area contributed by atoms with Gasteiger partial charge in [-0.2, -0.15) is 0 Å². The highest BCUT2D eigenvalue weighted by Gasteiger charge is 1.99. The molecule has 0 saturated carbocycles. The van der Waals surface area contributed by atoms with Crippen LogP contribution in [-0.4, -0.2) is 4.98 Å². The molecule has 0 radical (unpaired) electrons. The monoisotopic (exact) mass is 329 g/mol. The first kappa shape index (κ1) is 21.1. The van der Waals surface area contributed by atoms with E-state index in [1.165, 1.54) is 5.56 Å². The Labute approximate surface area is 147 Å². The summed E-state index contributed by atoms with van der Waals surface area (Å²) in [5.41, 5.74) is 2.42. The number of aromatic nitrogens is 1. The van der Waals surface area contributed by atoms with E-state index >= 15 is 0 Å². The number of H-pyrrole nitrogens is 1. The van der Waals surface area contributed by atoms with Crippen molar-refractivity contribution < 1.29 is 1.43 Å². The van der Waals surface area contributed by atoms with E-state index in [1.807, 2.05) is 46.8 Å². The van der Waals surface area contributed by atoms with Crippen LogP contribution >= 0.6 is 12.2 Å². The summed E-state index contributed by atoms with van der Waals surface area (Å²) < 4.78 is 0.794. The van der Waals surface area contributed by atoms with Crippen LogP contribution in [0.5, 0.6) is 0 Å². The number of hydrogen-bond acceptors (Lipinski definition) is 1. The molecule has 0 spiro atoms. The topological polar surface area (TPSA) is 15.8 Å². The summed E-state index contributed by atoms with van der Waals surface area (Å²) in [4.78, 5) is 3.27. The molecule has 1 aromatic heterocycles. The van der Waals surface area contributed by atoms with Crippen LogP contribution < -0.4 is 10.6 Å². The molecule has 1 heterocycles. The zero-order valence-electron chi connectivity index (χ0n) is 15.0. The highest BCUT2D eigenvalue weighted by molar-refractivity contribution is 7.71. The number of allylic oxidation sites excluding steroid dienone is 1. The maximum Gasteiger partial charge on any atom is 0.107 e. The second-order valence-corrected chi connectivity index (χ2v) is 4.75. The van der Waals surface area contributed by atoms with Gasteiger partial charge in [0.2, 0.25) is 0 Å². The van der Waals surface area contributed by atoms with E-state index in [0.29, 0.717) is 0 Å². The van der Waals surface area contributed by atoms with Gasteiger partial charge in [0, 0.05) is 13.2 Å². The van der Waals surface area contributed by atoms with Gasteiger partial charge in [0.1, 0.15) is 4.64 Å². The molecule has 1 N–H and O–H groups in total. The van der Waals surface area contributed by atoms with Crippen LogP contribution in [0.4, 0.5) is 0 Å². The highest BCUT2D eigenvalue weighted by Crippen LogP contribution is 2.07. The van der Waals surface area contributed by atoms with Gasteiger partial charge in [-0.3, -0.25) is 0 Å². The molecule has 0 aliphatic rings. The quantitative estimate of drug-likeness (QED) is 0.745. The first-order chi connectivity index (χ1) is 11.2. The molecule has 2 rings (SSSR count). The first-order valence-corrected chi connectivity index (χ1v) is 8.70. The molecule has 2 aromatic rings. The minimum atomic E-state index is 0. The standard InChI is InChI=1S/C17H17NS.2C2H6.H2/c1-3-8-16-14(4-2)12-15(17(19)18-16)11-13-9-6-5-7-10-13;2*1-2;/h3-10,12H,1,11H2,2H3,(H,18,19);2*1-2H3;1H/b14-4-,16-8+;;;. The fourth-order valence-corrected chi connectivity index (χ4v) is 2.29. The van der Waals surface area contributed by atoms with E-state index < -0.39 is 0 Å². The lowest BCUT2D eigenvalue weighted by Gasteiger charge is -2.03. The number of benzene rings is 1. The first-order valence-electron chi connectivity index (χ1n) is 8.30. The Morgan fingerprint density at radius 1 is 1.13 bits per heavy atom. The summed E-state index contributed by atoms with van der Waals surface area (Å²) >= 11 is 5.44. The van der Waals surface area contributed by atoms with Crippen molar-refractivity contribution in [2.75, 3.05) is 0 Å². The lowest BCUT2D eigenvalue weighted by molar-refractivity contribution is 1.09. The van der Waals surface area contributed by atoms with Crippen molar-refractivity contribution in [2.45, 2.75) is 41.0 Å². The van der Waals surface area contributed by atoms with E-state index in [4.69, 9.17) is 12.2 Å². The van der Waals surface area contributed by atoms with Crippen LogP contribution in [0.3, 0.4) is 0 Å². The van der Waals surface area contributed by atoms with E-state index in [-0.39, 0.29) is 1.43 Å². The molecule has 0 unspecified atom stereocenters. The molecule has 0 amide bonds. The molecule has 0 fully saturated rings. The van der Waals surface area contributed by atoms with Gasteiger partial charge in [-0.25, -0.2) is 0 Å². The Kier molecular flexibility index (Phi) is 11.5. The van der Waals surface area contributed by atoms with Gasteiger partial charge in [0.15, 0.2) is 0 Å². The molecule has 0 atom stereocenters. The highest BCUT2D eigenvalue weighted by atomic mass is 32.1. The average molecular weight is 330 g/mol. The number of pyridine rings is 1. The van der Waals surface area contributed by atoms with Gasteiger partial charge < -0.3 is 4.98 Å². The van der Waals surface area contributed by atoms with E-state index in [0.717, 1.165) is 27.2 Å². The number of nitrogens with one attached hydrogen (secondary N) is 1. The van der Waals surface area contributed by atoms with Crippen LogP contribution in [0.25, 0.3) is 12.2 Å². The van der Waals surface area contributed by atoms with Crippen molar-refractivity contribution >= 4 is 24.4 Å². The van der Waals surface area contributed by atoms with Gasteiger partial charge in [-0.1, -0.05) is 89.0 Å². The summed E-state index contributed by atoms with van der Waals surface area (Å²) in [6, 6.07) is 12.5. The van der Waals surface area contributed by atoms with Gasteiger partial charge in [0.05, 0.1) is 0 Å². The van der Waals surface area contributed by atoms with Crippen LogP contribution in [0.2, 0.25) is 0 Å². The molecular formula is C21H31NS. The van der Waals surface area contributed by atoms with Crippen molar-refractivity contribution in [1.82, 2.24) is 4.98 Å². The van der Waals surface area contributed by atoms with Gasteiger partial charge in [-0.15, -0.1) is 0 Å². The minimum absolute atomic E-state index is 0. The third-order valence-electron chi connectivity index (χ3n) is 3.01. The van der Waals surface area contributed by atoms with Crippen molar-refractivity contribution in [3.8, 4) is 0 Å². The Bertz CT molecular complexity index is 746. The second-order valence-electron chi connectivity index (χ2n) is 4.35. The van der Waals surface area contributed by atoms with Crippen LogP contribution in [-0.2, 0) is 6.42 Å². The molecular weight excluding hydrogens is 298 g/mol. The lowest BCUT2D eigenvalue weighted by Crippen LogP contribution is -2.28. The number of aromatic amines is 1. The van der Waals surface area contributed by atoms with Crippen LogP contribution in [0.15, 0.2) is 49.1 Å². The largest absolute Gasteiger partial charge is 0.346 e. The fourth-order valence-electron chi connectivity index (χ4n) is 2.05. The predicted molar refractivity (Wildman–Crippen MR) is 110 cm³/mol. The zero-order valence-corrected chi connectivity index (χ0v) is 15.8. The third-order valence-corrected chi connectivity index (χ3v) is 3.38. The number of rotatable bonds is 3. The van der Waals surface area contributed by atoms with Crippen molar-refractivity contribution in [1.29, 1.82) is 0 Å². The normalized spacial score (nSPS) is 11.0. The van der Waals surface area contributed by atoms with E-state index in [2.05, 4.69) is 48.0 Å². The molecule has 1 nitrogen and oxygen atoms in total. The average Bonchev–Trinajstić information content (AvgIpc) is 2.62. The third kappa shape index (κ3) is 6.79. The Balaban J connectivity index is 0. The van der Waals surface area contributed by atoms with E-state index in [9.17, 15) is 0 Å². The molecule has 23 heavy (non-hydrogen) atoms. The zero-order chi connectivity index (χ0) is 17.7. The smallest absolute Gasteiger partial charge is 0.107 e. The van der Waals surface area contributed by atoms with E-state index in [1.54, 1.807) is 6.08 Å². The predicted octanol–water partition coefficient (Wildman–Crippen LogP) is 5.40. The van der Waals surface area contributed by atoms with Crippen molar-refractivity contribution in [3.05, 3.63) is 75.4 Å². The Hall–Kier alpha value is -1.93. The van der Waals surface area contributed by atoms with Gasteiger partial charge >= 0.3 is 0 Å².